The van der Waals surface area contributed by atoms with Gasteiger partial charge in [0.2, 0.25) is 0 Å². The molecule has 1 atom stereocenters. The third-order valence-corrected chi connectivity index (χ3v) is 4.55. The molecule has 1 unspecified atom stereocenters. The highest BCUT2D eigenvalue weighted by Crippen LogP contribution is 2.10. The summed E-state index contributed by atoms with van der Waals surface area (Å²) in [4.78, 5) is 29.2. The van der Waals surface area contributed by atoms with Crippen LogP contribution in [0.15, 0.2) is 54.4 Å². The van der Waals surface area contributed by atoms with E-state index in [0.29, 0.717) is 18.7 Å². The van der Waals surface area contributed by atoms with Crippen LogP contribution in [0, 0.1) is 0 Å². The second kappa shape index (κ2) is 8.39. The van der Waals surface area contributed by atoms with Gasteiger partial charge >= 0.3 is 5.97 Å². The molecule has 3 rings (SSSR count). The summed E-state index contributed by atoms with van der Waals surface area (Å²) in [6.45, 7) is 2.55. The van der Waals surface area contributed by atoms with E-state index in [4.69, 9.17) is 4.74 Å². The van der Waals surface area contributed by atoms with Gasteiger partial charge in [-0.25, -0.2) is 14.5 Å². The lowest BCUT2D eigenvalue weighted by molar-refractivity contribution is -0.129. The normalized spacial score (nSPS) is 11.7. The summed E-state index contributed by atoms with van der Waals surface area (Å²) in [5.74, 6) is -0.856. The zero-order chi connectivity index (χ0) is 18.4. The fourth-order valence-electron chi connectivity index (χ4n) is 2.26. The molecule has 134 valence electrons. The predicted molar refractivity (Wildman–Crippen MR) is 96.6 cm³/mol. The van der Waals surface area contributed by atoms with Gasteiger partial charge in [0, 0.05) is 4.88 Å². The van der Waals surface area contributed by atoms with Crippen molar-refractivity contribution in [3.05, 3.63) is 70.4 Å². The SMILES string of the molecule is CC(OC(=O)c1ccc(Cn2cncn2)cc1)C(=O)NCc1cccs1. The molecule has 0 fully saturated rings. The molecule has 0 bridgehead atoms. The molecule has 0 aliphatic heterocycles. The summed E-state index contributed by atoms with van der Waals surface area (Å²) >= 11 is 1.56. The first-order chi connectivity index (χ1) is 12.6. The fourth-order valence-corrected chi connectivity index (χ4v) is 2.91. The maximum atomic E-state index is 12.2. The van der Waals surface area contributed by atoms with Crippen LogP contribution in [0.2, 0.25) is 0 Å². The van der Waals surface area contributed by atoms with Crippen molar-refractivity contribution in [1.29, 1.82) is 0 Å². The Labute approximate surface area is 154 Å². The van der Waals surface area contributed by atoms with Crippen molar-refractivity contribution in [2.75, 3.05) is 0 Å². The van der Waals surface area contributed by atoms with Gasteiger partial charge in [-0.2, -0.15) is 5.10 Å². The molecular formula is C18H18N4O3S. The van der Waals surface area contributed by atoms with Crippen LogP contribution in [0.5, 0.6) is 0 Å². The summed E-state index contributed by atoms with van der Waals surface area (Å²) in [5.41, 5.74) is 1.37. The minimum atomic E-state index is -0.864. The van der Waals surface area contributed by atoms with Crippen molar-refractivity contribution in [3.63, 3.8) is 0 Å². The van der Waals surface area contributed by atoms with Crippen LogP contribution in [0.1, 0.15) is 27.7 Å². The molecule has 0 saturated heterocycles. The highest BCUT2D eigenvalue weighted by Gasteiger charge is 2.18. The van der Waals surface area contributed by atoms with E-state index >= 15 is 0 Å². The number of hydrogen-bond donors (Lipinski definition) is 1. The molecule has 2 aromatic heterocycles. The fraction of sp³-hybridized carbons (Fsp3) is 0.222. The van der Waals surface area contributed by atoms with Crippen LogP contribution in [0.4, 0.5) is 0 Å². The minimum Gasteiger partial charge on any atom is -0.449 e. The summed E-state index contributed by atoms with van der Waals surface area (Å²) in [6.07, 6.45) is 2.23. The van der Waals surface area contributed by atoms with E-state index in [1.165, 1.54) is 6.33 Å². The van der Waals surface area contributed by atoms with Crippen LogP contribution < -0.4 is 5.32 Å². The largest absolute Gasteiger partial charge is 0.449 e. The Morgan fingerprint density at radius 3 is 2.73 bits per heavy atom. The molecule has 3 aromatic rings. The van der Waals surface area contributed by atoms with E-state index in [9.17, 15) is 9.59 Å². The topological polar surface area (TPSA) is 86.1 Å². The number of carbonyl (C=O) groups excluding carboxylic acids is 2. The number of thiophene rings is 1. The second-order valence-corrected chi connectivity index (χ2v) is 6.67. The van der Waals surface area contributed by atoms with Crippen LogP contribution in [0.3, 0.4) is 0 Å². The summed E-state index contributed by atoms with van der Waals surface area (Å²) in [7, 11) is 0. The highest BCUT2D eigenvalue weighted by molar-refractivity contribution is 7.09. The number of esters is 1. The number of hydrogen-bond acceptors (Lipinski definition) is 6. The molecule has 1 aromatic carbocycles. The van der Waals surface area contributed by atoms with Gasteiger partial charge in [-0.05, 0) is 36.1 Å². The van der Waals surface area contributed by atoms with E-state index in [-0.39, 0.29) is 5.91 Å². The Kier molecular flexibility index (Phi) is 5.75. The monoisotopic (exact) mass is 370 g/mol. The van der Waals surface area contributed by atoms with Crippen molar-refractivity contribution >= 4 is 23.2 Å². The van der Waals surface area contributed by atoms with E-state index in [2.05, 4.69) is 15.4 Å². The van der Waals surface area contributed by atoms with Crippen LogP contribution in [-0.2, 0) is 22.6 Å². The third kappa shape index (κ3) is 4.76. The van der Waals surface area contributed by atoms with Crippen molar-refractivity contribution in [2.45, 2.75) is 26.1 Å². The second-order valence-electron chi connectivity index (χ2n) is 5.63. The van der Waals surface area contributed by atoms with Gasteiger partial charge < -0.3 is 10.1 Å². The van der Waals surface area contributed by atoms with Gasteiger partial charge in [-0.1, -0.05) is 18.2 Å². The Morgan fingerprint density at radius 1 is 1.27 bits per heavy atom. The van der Waals surface area contributed by atoms with E-state index in [1.807, 2.05) is 29.6 Å². The number of aromatic nitrogens is 3. The molecular weight excluding hydrogens is 352 g/mol. The number of nitrogens with zero attached hydrogens (tertiary/aromatic N) is 3. The van der Waals surface area contributed by atoms with Gasteiger partial charge in [0.05, 0.1) is 18.7 Å². The molecule has 2 heterocycles. The van der Waals surface area contributed by atoms with Crippen molar-refractivity contribution in [2.24, 2.45) is 0 Å². The lowest BCUT2D eigenvalue weighted by Gasteiger charge is -2.13. The number of carbonyl (C=O) groups is 2. The molecule has 0 saturated carbocycles. The third-order valence-electron chi connectivity index (χ3n) is 3.67. The molecule has 7 nitrogen and oxygen atoms in total. The maximum absolute atomic E-state index is 12.2. The number of ether oxygens (including phenoxy) is 1. The average molecular weight is 370 g/mol. The van der Waals surface area contributed by atoms with Crippen LogP contribution >= 0.6 is 11.3 Å². The lowest BCUT2D eigenvalue weighted by Crippen LogP contribution is -2.35. The van der Waals surface area contributed by atoms with Gasteiger partial charge in [0.25, 0.3) is 5.91 Å². The number of rotatable bonds is 7. The van der Waals surface area contributed by atoms with E-state index in [0.717, 1.165) is 10.4 Å². The molecule has 0 aliphatic rings. The maximum Gasteiger partial charge on any atom is 0.338 e. The van der Waals surface area contributed by atoms with Gasteiger partial charge in [0.15, 0.2) is 6.10 Å². The first kappa shape index (κ1) is 17.8. The molecule has 1 amide bonds. The summed E-state index contributed by atoms with van der Waals surface area (Å²) < 4.78 is 6.93. The smallest absolute Gasteiger partial charge is 0.338 e. The number of amides is 1. The first-order valence-electron chi connectivity index (χ1n) is 8.04. The molecule has 8 heteroatoms. The van der Waals surface area contributed by atoms with Crippen molar-refractivity contribution in [3.8, 4) is 0 Å². The molecule has 26 heavy (non-hydrogen) atoms. The number of benzene rings is 1. The average Bonchev–Trinajstić information content (AvgIpc) is 3.34. The Balaban J connectivity index is 1.51. The van der Waals surface area contributed by atoms with E-state index in [1.54, 1.807) is 41.4 Å². The Hall–Kier alpha value is -3.00. The zero-order valence-corrected chi connectivity index (χ0v) is 15.0. The zero-order valence-electron chi connectivity index (χ0n) is 14.2. The van der Waals surface area contributed by atoms with Crippen LogP contribution in [-0.4, -0.2) is 32.7 Å². The highest BCUT2D eigenvalue weighted by atomic mass is 32.1. The summed E-state index contributed by atoms with van der Waals surface area (Å²) in [6, 6.07) is 10.8. The Bertz CT molecular complexity index is 845. The van der Waals surface area contributed by atoms with Crippen molar-refractivity contribution in [1.82, 2.24) is 20.1 Å². The summed E-state index contributed by atoms with van der Waals surface area (Å²) in [5, 5.41) is 8.73. The first-order valence-corrected chi connectivity index (χ1v) is 8.92. The molecule has 1 N–H and O–H groups in total. The van der Waals surface area contributed by atoms with Gasteiger partial charge in [-0.3, -0.25) is 4.79 Å². The van der Waals surface area contributed by atoms with Gasteiger partial charge in [-0.15, -0.1) is 11.3 Å². The van der Waals surface area contributed by atoms with Crippen LogP contribution in [0.25, 0.3) is 0 Å². The molecule has 0 radical (unpaired) electrons. The molecule has 0 aliphatic carbocycles. The minimum absolute atomic E-state index is 0.324. The van der Waals surface area contributed by atoms with Gasteiger partial charge in [0.1, 0.15) is 12.7 Å². The van der Waals surface area contributed by atoms with Crippen molar-refractivity contribution < 1.29 is 14.3 Å². The standard InChI is InChI=1S/C18H18N4O3S/c1-13(17(23)20-9-16-3-2-8-26-16)25-18(24)15-6-4-14(5-7-15)10-22-12-19-11-21-22/h2-8,11-13H,9-10H2,1H3,(H,20,23). The molecule has 0 spiro atoms. The quantitative estimate of drug-likeness (QED) is 0.645. The van der Waals surface area contributed by atoms with E-state index < -0.39 is 12.1 Å². The lowest BCUT2D eigenvalue weighted by atomic mass is 10.1. The predicted octanol–water partition coefficient (Wildman–Crippen LogP) is 2.25. The Morgan fingerprint density at radius 2 is 2.08 bits per heavy atom. The number of nitrogens with one attached hydrogen (secondary N) is 1.